The van der Waals surface area contributed by atoms with Gasteiger partial charge >= 0.3 is 0 Å². The molecule has 166 valence electrons. The third-order valence-corrected chi connectivity index (χ3v) is 4.76. The molecule has 1 atom stereocenters. The minimum Gasteiger partial charge on any atom is -0.484 e. The predicted octanol–water partition coefficient (Wildman–Crippen LogP) is 4.49. The molecule has 6 heteroatoms. The monoisotopic (exact) mass is 418 g/mol. The van der Waals surface area contributed by atoms with Crippen LogP contribution in [0.5, 0.6) is 5.75 Å². The van der Waals surface area contributed by atoms with Gasteiger partial charge in [0.25, 0.3) is 5.91 Å². The number of carbonyl (C=O) groups excluding carboxylic acids is 1. The summed E-state index contributed by atoms with van der Waals surface area (Å²) in [6.07, 6.45) is 0.793. The van der Waals surface area contributed by atoms with E-state index in [0.717, 1.165) is 12.0 Å². The normalized spacial score (nSPS) is 14.8. The third-order valence-electron chi connectivity index (χ3n) is 4.76. The molecule has 0 aliphatic carbocycles. The average molecular weight is 419 g/mol. The van der Waals surface area contributed by atoms with Crippen LogP contribution in [0.2, 0.25) is 0 Å². The van der Waals surface area contributed by atoms with E-state index in [1.807, 2.05) is 45.7 Å². The molecule has 2 aromatic rings. The summed E-state index contributed by atoms with van der Waals surface area (Å²) in [4.78, 5) is 16.0. The van der Waals surface area contributed by atoms with Crippen molar-refractivity contribution in [3.05, 3.63) is 59.9 Å². The van der Waals surface area contributed by atoms with Gasteiger partial charge in [-0.3, -0.25) is 4.79 Å². The molecule has 1 aliphatic rings. The van der Waals surface area contributed by atoms with Gasteiger partial charge in [-0.25, -0.2) is 4.39 Å². The highest BCUT2D eigenvalue weighted by atomic mass is 19.1. The maximum Gasteiger partial charge on any atom is 0.260 e. The number of benzene rings is 2. The molecule has 0 aromatic heterocycles. The molecule has 1 fully saturated rings. The summed E-state index contributed by atoms with van der Waals surface area (Å²) in [5, 5.41) is 9.03. The van der Waals surface area contributed by atoms with Gasteiger partial charge in [0.1, 0.15) is 11.6 Å². The van der Waals surface area contributed by atoms with Crippen LogP contribution in [0.25, 0.3) is 0 Å². The molecule has 30 heavy (non-hydrogen) atoms. The summed E-state index contributed by atoms with van der Waals surface area (Å²) in [6, 6.07) is 13.7. The maximum absolute atomic E-state index is 14.0. The van der Waals surface area contributed by atoms with Crippen LogP contribution >= 0.6 is 0 Å². The van der Waals surface area contributed by atoms with Crippen molar-refractivity contribution < 1.29 is 19.0 Å². The largest absolute Gasteiger partial charge is 0.484 e. The van der Waals surface area contributed by atoms with E-state index < -0.39 is 0 Å². The lowest BCUT2D eigenvalue weighted by Gasteiger charge is -2.27. The average Bonchev–Trinajstić information content (AvgIpc) is 3.31. The number of ether oxygens (including phenoxy) is 1. The summed E-state index contributed by atoms with van der Waals surface area (Å²) in [7, 11) is 1.86. The van der Waals surface area contributed by atoms with Gasteiger partial charge in [0.15, 0.2) is 6.61 Å². The van der Waals surface area contributed by atoms with Crippen molar-refractivity contribution in [3.8, 4) is 5.75 Å². The summed E-state index contributed by atoms with van der Waals surface area (Å²) >= 11 is 0. The number of likely N-dealkylation sites (tertiary alicyclic amines) is 1. The van der Waals surface area contributed by atoms with Gasteiger partial charge in [-0.2, -0.15) is 0 Å². The molecule has 0 saturated carbocycles. The fraction of sp³-hybridized carbons (Fsp3) is 0.458. The van der Waals surface area contributed by atoms with Crippen LogP contribution in [0, 0.1) is 5.82 Å². The van der Waals surface area contributed by atoms with E-state index in [0.29, 0.717) is 24.5 Å². The predicted molar refractivity (Wildman–Crippen MR) is 120 cm³/mol. The number of hydrogen-bond acceptors (Lipinski definition) is 4. The van der Waals surface area contributed by atoms with Crippen molar-refractivity contribution in [1.29, 1.82) is 0 Å². The summed E-state index contributed by atoms with van der Waals surface area (Å²) in [5.74, 6) is 0.255. The second kappa shape index (κ2) is 13.6. The summed E-state index contributed by atoms with van der Waals surface area (Å²) in [5.41, 5.74) is 1.34. The standard InChI is InChI=1S/C20H23FN2O3.2C2H6/c1-22(19-5-3-2-4-18(19)21)16-10-11-23(12-16)20(25)14-26-17-8-6-15(13-24)7-9-17;2*1-2/h2-9,16,24H,10-14H2,1H3;2*1-2H3. The number of hydrogen-bond donors (Lipinski definition) is 1. The number of carbonyl (C=O) groups is 1. The molecule has 0 spiro atoms. The Hall–Kier alpha value is -2.60. The molecular formula is C24H35FN2O3. The van der Waals surface area contributed by atoms with Crippen molar-refractivity contribution in [2.24, 2.45) is 0 Å². The lowest BCUT2D eigenvalue weighted by Crippen LogP contribution is -2.38. The van der Waals surface area contributed by atoms with E-state index in [-0.39, 0.29) is 31.0 Å². The number of rotatable bonds is 6. The molecular weight excluding hydrogens is 383 g/mol. The van der Waals surface area contributed by atoms with Gasteiger partial charge in [-0.05, 0) is 36.2 Å². The zero-order valence-corrected chi connectivity index (χ0v) is 18.8. The summed E-state index contributed by atoms with van der Waals surface area (Å²) in [6.45, 7) is 9.13. The molecule has 3 rings (SSSR count). The van der Waals surface area contributed by atoms with E-state index in [1.165, 1.54) is 6.07 Å². The Labute approximate surface area is 180 Å². The Balaban J connectivity index is 0.00000106. The van der Waals surface area contributed by atoms with Gasteiger partial charge in [0.05, 0.1) is 12.3 Å². The van der Waals surface area contributed by atoms with Crippen LogP contribution in [-0.4, -0.2) is 48.7 Å². The van der Waals surface area contributed by atoms with Crippen LogP contribution in [0.15, 0.2) is 48.5 Å². The minimum atomic E-state index is -0.255. The van der Waals surface area contributed by atoms with E-state index in [9.17, 15) is 9.18 Å². The van der Waals surface area contributed by atoms with Gasteiger partial charge in [0, 0.05) is 26.2 Å². The Morgan fingerprint density at radius 3 is 2.37 bits per heavy atom. The van der Waals surface area contributed by atoms with Gasteiger partial charge in [-0.1, -0.05) is 52.0 Å². The number of likely N-dealkylation sites (N-methyl/N-ethyl adjacent to an activating group) is 1. The fourth-order valence-corrected chi connectivity index (χ4v) is 3.15. The highest BCUT2D eigenvalue weighted by molar-refractivity contribution is 5.78. The van der Waals surface area contributed by atoms with Crippen LogP contribution in [-0.2, 0) is 11.4 Å². The van der Waals surface area contributed by atoms with Crippen molar-refractivity contribution in [3.63, 3.8) is 0 Å². The smallest absolute Gasteiger partial charge is 0.260 e. The van der Waals surface area contributed by atoms with Gasteiger partial charge in [0.2, 0.25) is 0 Å². The maximum atomic E-state index is 14.0. The lowest BCUT2D eigenvalue weighted by atomic mass is 10.2. The number of aliphatic hydroxyl groups is 1. The van der Waals surface area contributed by atoms with Crippen LogP contribution in [0.3, 0.4) is 0 Å². The first-order valence-electron chi connectivity index (χ1n) is 10.7. The Morgan fingerprint density at radius 1 is 1.13 bits per heavy atom. The fourth-order valence-electron chi connectivity index (χ4n) is 3.15. The zero-order valence-electron chi connectivity index (χ0n) is 18.8. The number of para-hydroxylation sites is 1. The molecule has 0 bridgehead atoms. The van der Waals surface area contributed by atoms with Gasteiger partial charge in [-0.15, -0.1) is 0 Å². The molecule has 1 amide bonds. The second-order valence-corrected chi connectivity index (χ2v) is 6.44. The van der Waals surface area contributed by atoms with E-state index in [4.69, 9.17) is 9.84 Å². The molecule has 1 heterocycles. The lowest BCUT2D eigenvalue weighted by molar-refractivity contribution is -0.132. The topological polar surface area (TPSA) is 53.0 Å². The molecule has 1 unspecified atom stereocenters. The first-order chi connectivity index (χ1) is 14.6. The molecule has 1 saturated heterocycles. The highest BCUT2D eigenvalue weighted by Crippen LogP contribution is 2.24. The first kappa shape index (κ1) is 25.4. The second-order valence-electron chi connectivity index (χ2n) is 6.44. The van der Waals surface area contributed by atoms with Crippen molar-refractivity contribution >= 4 is 11.6 Å². The SMILES string of the molecule is CC.CC.CN(c1ccccc1F)C1CCN(C(=O)COc2ccc(CO)cc2)C1. The molecule has 2 aromatic carbocycles. The van der Waals surface area contributed by atoms with E-state index in [1.54, 1.807) is 41.3 Å². The number of nitrogens with zero attached hydrogens (tertiary/aromatic N) is 2. The van der Waals surface area contributed by atoms with E-state index >= 15 is 0 Å². The number of anilines is 1. The Kier molecular flexibility index (Phi) is 11.5. The molecule has 5 nitrogen and oxygen atoms in total. The van der Waals surface area contributed by atoms with Crippen molar-refractivity contribution in [1.82, 2.24) is 4.90 Å². The van der Waals surface area contributed by atoms with Gasteiger partial charge < -0.3 is 19.6 Å². The highest BCUT2D eigenvalue weighted by Gasteiger charge is 2.30. The molecule has 1 aliphatic heterocycles. The van der Waals surface area contributed by atoms with Crippen molar-refractivity contribution in [2.45, 2.75) is 46.8 Å². The quantitative estimate of drug-likeness (QED) is 0.751. The molecule has 1 N–H and O–H groups in total. The summed E-state index contributed by atoms with van der Waals surface area (Å²) < 4.78 is 19.5. The third kappa shape index (κ3) is 7.02. The number of aliphatic hydroxyl groups excluding tert-OH is 1. The van der Waals surface area contributed by atoms with Crippen LogP contribution < -0.4 is 9.64 Å². The Bertz CT molecular complexity index is 752. The number of amides is 1. The van der Waals surface area contributed by atoms with Crippen LogP contribution in [0.4, 0.5) is 10.1 Å². The van der Waals surface area contributed by atoms with Crippen LogP contribution in [0.1, 0.15) is 39.7 Å². The number of halogens is 1. The minimum absolute atomic E-state index is 0.0239. The first-order valence-corrected chi connectivity index (χ1v) is 10.7. The Morgan fingerprint density at radius 2 is 1.77 bits per heavy atom. The van der Waals surface area contributed by atoms with E-state index in [2.05, 4.69) is 0 Å². The van der Waals surface area contributed by atoms with Crippen molar-refractivity contribution in [2.75, 3.05) is 31.6 Å². The molecule has 0 radical (unpaired) electrons. The zero-order chi connectivity index (χ0) is 22.5.